The number of nitrogens with zero attached hydrogens (tertiary/aromatic N) is 4. The van der Waals surface area contributed by atoms with Gasteiger partial charge in [-0.2, -0.15) is 5.26 Å². The Morgan fingerprint density at radius 1 is 0.971 bits per heavy atom. The van der Waals surface area contributed by atoms with Crippen LogP contribution in [0.2, 0.25) is 0 Å². The van der Waals surface area contributed by atoms with E-state index in [1.165, 1.54) is 0 Å². The number of amides is 1. The van der Waals surface area contributed by atoms with Crippen molar-refractivity contribution in [3.63, 3.8) is 0 Å². The number of nitrogens with one attached hydrogen (secondary N) is 1. The van der Waals surface area contributed by atoms with Gasteiger partial charge in [-0.1, -0.05) is 30.3 Å². The first-order valence-electron chi connectivity index (χ1n) is 10.8. The van der Waals surface area contributed by atoms with Crippen LogP contribution < -0.4 is 9.88 Å². The number of aromatic nitrogens is 3. The summed E-state index contributed by atoms with van der Waals surface area (Å²) in [7, 11) is 0. The number of anilines is 1. The average molecular weight is 446 g/mol. The van der Waals surface area contributed by atoms with Gasteiger partial charge in [0.05, 0.1) is 22.8 Å². The third kappa shape index (κ3) is 4.12. The first kappa shape index (κ1) is 21.0. The van der Waals surface area contributed by atoms with Gasteiger partial charge in [0.15, 0.2) is 24.1 Å². The molecule has 0 radical (unpaired) electrons. The quantitative estimate of drug-likeness (QED) is 0.317. The van der Waals surface area contributed by atoms with E-state index in [9.17, 15) is 9.59 Å². The number of hydrogen-bond acceptors (Lipinski definition) is 4. The molecule has 7 heteroatoms. The van der Waals surface area contributed by atoms with Crippen LogP contribution in [0.1, 0.15) is 15.9 Å². The van der Waals surface area contributed by atoms with E-state index in [4.69, 9.17) is 5.26 Å². The number of Topliss-reactive ketones (excluding diaryl/α,β-unsaturated/α-hetero) is 1. The number of carbonyl (C=O) groups excluding carboxylic acids is 2. The Kier molecular flexibility index (Phi) is 5.55. The molecule has 0 aliphatic carbocycles. The molecular formula is C27H20N5O2+. The molecule has 7 nitrogen and oxygen atoms in total. The molecule has 0 fully saturated rings. The Labute approximate surface area is 195 Å². The molecule has 5 aromatic rings. The predicted molar refractivity (Wildman–Crippen MR) is 128 cm³/mol. The zero-order valence-corrected chi connectivity index (χ0v) is 18.2. The van der Waals surface area contributed by atoms with Crippen LogP contribution in [-0.2, 0) is 17.9 Å². The molecule has 5 rings (SSSR count). The highest BCUT2D eigenvalue weighted by atomic mass is 16.2. The first-order valence-corrected chi connectivity index (χ1v) is 10.8. The van der Waals surface area contributed by atoms with E-state index in [0.29, 0.717) is 16.8 Å². The first-order chi connectivity index (χ1) is 16.6. The number of imidazole rings is 1. The fourth-order valence-electron chi connectivity index (χ4n) is 4.02. The van der Waals surface area contributed by atoms with Crippen LogP contribution in [0, 0.1) is 11.3 Å². The molecule has 0 aliphatic rings. The predicted octanol–water partition coefficient (Wildman–Crippen LogP) is 3.87. The summed E-state index contributed by atoms with van der Waals surface area (Å²) in [5.74, 6) is -0.270. The van der Waals surface area contributed by atoms with Crippen molar-refractivity contribution in [3.8, 4) is 6.07 Å². The zero-order chi connectivity index (χ0) is 23.5. The van der Waals surface area contributed by atoms with Crippen LogP contribution in [0.15, 0.2) is 91.4 Å². The summed E-state index contributed by atoms with van der Waals surface area (Å²) in [6, 6.07) is 25.8. The highest BCUT2D eigenvalue weighted by molar-refractivity contribution is 6.00. The minimum Gasteiger partial charge on any atom is -0.321 e. The Hall–Kier alpha value is -4.83. The third-order valence-corrected chi connectivity index (χ3v) is 5.65. The molecule has 0 saturated heterocycles. The molecule has 2 heterocycles. The lowest BCUT2D eigenvalue weighted by atomic mass is 10.1. The SMILES string of the molecule is N#Cc1ccc(C(=O)C[n+]2cn(CC(=O)Nc3cccc4cccnc34)c3ccccc32)cc1. The molecule has 2 aromatic heterocycles. The van der Waals surface area contributed by atoms with Crippen molar-refractivity contribution in [2.24, 2.45) is 0 Å². The van der Waals surface area contributed by atoms with Crippen molar-refractivity contribution in [2.75, 3.05) is 5.32 Å². The molecule has 164 valence electrons. The van der Waals surface area contributed by atoms with Crippen LogP contribution in [-0.4, -0.2) is 21.2 Å². The van der Waals surface area contributed by atoms with E-state index >= 15 is 0 Å². The second-order valence-electron chi connectivity index (χ2n) is 7.90. The van der Waals surface area contributed by atoms with E-state index in [1.54, 1.807) is 36.8 Å². The Bertz CT molecular complexity index is 1570. The second kappa shape index (κ2) is 8.96. The summed E-state index contributed by atoms with van der Waals surface area (Å²) < 4.78 is 3.66. The number of ketones is 1. The molecule has 1 amide bonds. The van der Waals surface area contributed by atoms with Crippen LogP contribution in [0.5, 0.6) is 0 Å². The molecule has 0 aliphatic heterocycles. The highest BCUT2D eigenvalue weighted by Crippen LogP contribution is 2.21. The summed E-state index contributed by atoms with van der Waals surface area (Å²) in [6.45, 7) is 0.204. The maximum Gasteiger partial charge on any atom is 0.266 e. The molecule has 0 saturated carbocycles. The minimum atomic E-state index is -0.190. The smallest absolute Gasteiger partial charge is 0.266 e. The van der Waals surface area contributed by atoms with E-state index in [2.05, 4.69) is 16.4 Å². The van der Waals surface area contributed by atoms with Crippen LogP contribution in [0.4, 0.5) is 5.69 Å². The number of nitriles is 1. The van der Waals surface area contributed by atoms with Crippen molar-refractivity contribution in [2.45, 2.75) is 13.1 Å². The molecule has 0 unspecified atom stereocenters. The minimum absolute atomic E-state index is 0.0799. The number of fused-ring (bicyclic) bond motifs is 2. The summed E-state index contributed by atoms with van der Waals surface area (Å²) in [4.78, 5) is 30.2. The van der Waals surface area contributed by atoms with Crippen molar-refractivity contribution < 1.29 is 14.2 Å². The van der Waals surface area contributed by atoms with Gasteiger partial charge >= 0.3 is 0 Å². The highest BCUT2D eigenvalue weighted by Gasteiger charge is 2.20. The van der Waals surface area contributed by atoms with Crippen LogP contribution >= 0.6 is 0 Å². The van der Waals surface area contributed by atoms with Crippen molar-refractivity contribution in [3.05, 3.63) is 103 Å². The summed E-state index contributed by atoms with van der Waals surface area (Å²) in [6.07, 6.45) is 3.48. The normalized spacial score (nSPS) is 10.8. The third-order valence-electron chi connectivity index (χ3n) is 5.65. The van der Waals surface area contributed by atoms with E-state index < -0.39 is 0 Å². The number of hydrogen-bond donors (Lipinski definition) is 1. The van der Waals surface area contributed by atoms with Crippen molar-refractivity contribution in [1.82, 2.24) is 9.55 Å². The summed E-state index contributed by atoms with van der Waals surface area (Å²) >= 11 is 0. The molecule has 0 atom stereocenters. The van der Waals surface area contributed by atoms with E-state index in [0.717, 1.165) is 21.9 Å². The fraction of sp³-hybridized carbons (Fsp3) is 0.0741. The lowest BCUT2D eigenvalue weighted by molar-refractivity contribution is -0.657. The molecule has 34 heavy (non-hydrogen) atoms. The van der Waals surface area contributed by atoms with Gasteiger partial charge < -0.3 is 5.32 Å². The molecule has 0 bridgehead atoms. The zero-order valence-electron chi connectivity index (χ0n) is 18.2. The summed E-state index contributed by atoms with van der Waals surface area (Å²) in [5.41, 5.74) is 4.13. The lowest BCUT2D eigenvalue weighted by Gasteiger charge is -2.07. The molecule has 3 aromatic carbocycles. The topological polar surface area (TPSA) is 91.7 Å². The van der Waals surface area contributed by atoms with Gasteiger partial charge in [-0.05, 0) is 48.5 Å². The average Bonchev–Trinajstić information content (AvgIpc) is 3.21. The van der Waals surface area contributed by atoms with Crippen LogP contribution in [0.3, 0.4) is 0 Å². The Morgan fingerprint density at radius 3 is 2.59 bits per heavy atom. The number of para-hydroxylation sites is 3. The monoisotopic (exact) mass is 446 g/mol. The fourth-order valence-corrected chi connectivity index (χ4v) is 4.02. The van der Waals surface area contributed by atoms with E-state index in [-0.39, 0.29) is 24.8 Å². The largest absolute Gasteiger partial charge is 0.321 e. The van der Waals surface area contributed by atoms with Gasteiger partial charge in [0.25, 0.3) is 5.91 Å². The van der Waals surface area contributed by atoms with Gasteiger partial charge in [0, 0.05) is 17.1 Å². The van der Waals surface area contributed by atoms with Crippen LogP contribution in [0.25, 0.3) is 21.9 Å². The Morgan fingerprint density at radius 2 is 1.76 bits per heavy atom. The van der Waals surface area contributed by atoms with Crippen molar-refractivity contribution >= 4 is 39.3 Å². The second-order valence-corrected chi connectivity index (χ2v) is 7.90. The lowest BCUT2D eigenvalue weighted by Crippen LogP contribution is -2.37. The maximum absolute atomic E-state index is 12.9. The molecular weight excluding hydrogens is 426 g/mol. The van der Waals surface area contributed by atoms with Crippen molar-refractivity contribution in [1.29, 1.82) is 5.26 Å². The van der Waals surface area contributed by atoms with E-state index in [1.807, 2.05) is 63.7 Å². The number of rotatable bonds is 6. The number of carbonyl (C=O) groups is 2. The van der Waals surface area contributed by atoms with Gasteiger partial charge in [-0.25, -0.2) is 9.13 Å². The standard InChI is InChI=1S/C27H19N5O2/c28-15-19-10-12-20(13-11-19)25(33)16-31-18-32(24-9-2-1-8-23(24)31)17-26(34)30-22-7-3-5-21-6-4-14-29-27(21)22/h1-14,18H,16-17H2/p+1. The van der Waals surface area contributed by atoms with Gasteiger partial charge in [0.2, 0.25) is 12.1 Å². The maximum atomic E-state index is 12.9. The Balaban J connectivity index is 1.39. The molecule has 1 N–H and O–H groups in total. The van der Waals surface area contributed by atoms with Gasteiger partial charge in [-0.15, -0.1) is 0 Å². The van der Waals surface area contributed by atoms with Gasteiger partial charge in [0.1, 0.15) is 0 Å². The summed E-state index contributed by atoms with van der Waals surface area (Å²) in [5, 5.41) is 12.9. The molecule has 0 spiro atoms. The number of benzene rings is 3. The number of pyridine rings is 1. The van der Waals surface area contributed by atoms with Gasteiger partial charge in [-0.3, -0.25) is 14.6 Å².